The fourth-order valence-electron chi connectivity index (χ4n) is 2.38. The van der Waals surface area contributed by atoms with Gasteiger partial charge in [-0.15, -0.1) is 0 Å². The Hall–Kier alpha value is -1.58. The maximum atomic E-state index is 5.55. The zero-order valence-electron chi connectivity index (χ0n) is 13.0. The van der Waals surface area contributed by atoms with E-state index in [4.69, 9.17) is 9.47 Å². The second-order valence-corrected chi connectivity index (χ2v) is 5.12. The molecule has 0 fully saturated rings. The Morgan fingerprint density at radius 3 is 2.57 bits per heavy atom. The molecule has 0 aromatic heterocycles. The third-order valence-electron chi connectivity index (χ3n) is 3.58. The minimum atomic E-state index is 0.772. The summed E-state index contributed by atoms with van der Waals surface area (Å²) >= 11 is 0. The van der Waals surface area contributed by atoms with Crippen molar-refractivity contribution in [2.45, 2.75) is 26.3 Å². The van der Waals surface area contributed by atoms with E-state index in [1.807, 2.05) is 12.1 Å². The highest BCUT2D eigenvalue weighted by atomic mass is 16.5. The summed E-state index contributed by atoms with van der Waals surface area (Å²) in [6, 6.07) is 12.5. The summed E-state index contributed by atoms with van der Waals surface area (Å²) in [6.07, 6.45) is 2.33. The predicted octanol–water partition coefficient (Wildman–Crippen LogP) is 3.75. The smallest absolute Gasteiger partial charge is 0.126 e. The number of ether oxygens (including phenoxy) is 2. The molecule has 1 N–H and O–H groups in total. The average Bonchev–Trinajstić information content (AvgIpc) is 2.54. The van der Waals surface area contributed by atoms with E-state index in [9.17, 15) is 0 Å². The highest BCUT2D eigenvalue weighted by Crippen LogP contribution is 2.28. The summed E-state index contributed by atoms with van der Waals surface area (Å²) in [4.78, 5) is 0. The van der Waals surface area contributed by atoms with Crippen molar-refractivity contribution in [2.75, 3.05) is 26.9 Å². The van der Waals surface area contributed by atoms with Crippen LogP contribution in [0.2, 0.25) is 0 Å². The average molecular weight is 287 g/mol. The minimum Gasteiger partial charge on any atom is -0.496 e. The number of unbranched alkanes of at least 4 members (excludes halogenated alkanes) is 1. The number of hydrogen-bond acceptors (Lipinski definition) is 3. The van der Waals surface area contributed by atoms with Gasteiger partial charge in [-0.05, 0) is 23.4 Å². The molecule has 0 spiro atoms. The topological polar surface area (TPSA) is 30.5 Å². The molecule has 114 valence electrons. The van der Waals surface area contributed by atoms with Crippen LogP contribution in [-0.4, -0.2) is 26.9 Å². The van der Waals surface area contributed by atoms with Gasteiger partial charge in [-0.2, -0.15) is 0 Å². The van der Waals surface area contributed by atoms with Crippen LogP contribution < -0.4 is 10.1 Å². The number of rotatable bonds is 9. The van der Waals surface area contributed by atoms with E-state index in [2.05, 4.69) is 36.5 Å². The van der Waals surface area contributed by atoms with Gasteiger partial charge < -0.3 is 14.8 Å². The molecule has 0 saturated heterocycles. The molecule has 3 heteroatoms. The number of hydrogen-bond donors (Lipinski definition) is 1. The van der Waals surface area contributed by atoms with Crippen molar-refractivity contribution < 1.29 is 9.47 Å². The van der Waals surface area contributed by atoms with E-state index < -0.39 is 0 Å². The largest absolute Gasteiger partial charge is 0.496 e. The highest BCUT2D eigenvalue weighted by Gasteiger charge is 2.05. The molecule has 0 aliphatic rings. The number of methoxy groups -OCH3 is 1. The van der Waals surface area contributed by atoms with Crippen molar-refractivity contribution in [1.82, 2.24) is 5.32 Å². The van der Waals surface area contributed by atoms with E-state index in [0.29, 0.717) is 0 Å². The van der Waals surface area contributed by atoms with Crippen molar-refractivity contribution >= 4 is 10.8 Å². The van der Waals surface area contributed by atoms with Gasteiger partial charge in [-0.25, -0.2) is 0 Å². The van der Waals surface area contributed by atoms with E-state index in [1.54, 1.807) is 7.11 Å². The minimum absolute atomic E-state index is 0.772. The summed E-state index contributed by atoms with van der Waals surface area (Å²) in [5.41, 5.74) is 1.29. The Bertz CT molecular complexity index is 554. The molecular formula is C18H25NO2. The molecule has 0 heterocycles. The SMILES string of the molecule is CCCCOCCNCc1ccc(OC)c2ccccc12. The Morgan fingerprint density at radius 1 is 1.00 bits per heavy atom. The normalized spacial score (nSPS) is 11.0. The zero-order chi connectivity index (χ0) is 14.9. The molecule has 0 atom stereocenters. The van der Waals surface area contributed by atoms with E-state index in [1.165, 1.54) is 22.8 Å². The summed E-state index contributed by atoms with van der Waals surface area (Å²) in [5, 5.41) is 5.85. The third-order valence-corrected chi connectivity index (χ3v) is 3.58. The van der Waals surface area contributed by atoms with Crippen LogP contribution in [0.1, 0.15) is 25.3 Å². The lowest BCUT2D eigenvalue weighted by Crippen LogP contribution is -2.19. The van der Waals surface area contributed by atoms with Gasteiger partial charge in [0.05, 0.1) is 13.7 Å². The van der Waals surface area contributed by atoms with Crippen molar-refractivity contribution in [1.29, 1.82) is 0 Å². The molecule has 0 unspecified atom stereocenters. The summed E-state index contributed by atoms with van der Waals surface area (Å²) in [5.74, 6) is 0.928. The fourth-order valence-corrected chi connectivity index (χ4v) is 2.38. The molecule has 0 aliphatic carbocycles. The lowest BCUT2D eigenvalue weighted by Gasteiger charge is -2.11. The van der Waals surface area contributed by atoms with Gasteiger partial charge in [0.15, 0.2) is 0 Å². The molecule has 21 heavy (non-hydrogen) atoms. The van der Waals surface area contributed by atoms with Crippen molar-refractivity contribution in [2.24, 2.45) is 0 Å². The first-order chi connectivity index (χ1) is 10.4. The monoisotopic (exact) mass is 287 g/mol. The summed E-state index contributed by atoms with van der Waals surface area (Å²) in [7, 11) is 1.72. The van der Waals surface area contributed by atoms with Gasteiger partial charge >= 0.3 is 0 Å². The van der Waals surface area contributed by atoms with Crippen LogP contribution in [0.5, 0.6) is 5.75 Å². The van der Waals surface area contributed by atoms with Gasteiger partial charge in [0.1, 0.15) is 5.75 Å². The molecule has 0 amide bonds. The first kappa shape index (κ1) is 15.8. The Morgan fingerprint density at radius 2 is 1.81 bits per heavy atom. The lowest BCUT2D eigenvalue weighted by molar-refractivity contribution is 0.133. The van der Waals surface area contributed by atoms with Crippen LogP contribution in [0.25, 0.3) is 10.8 Å². The first-order valence-corrected chi connectivity index (χ1v) is 7.70. The second-order valence-electron chi connectivity index (χ2n) is 5.12. The van der Waals surface area contributed by atoms with Crippen molar-refractivity contribution in [3.05, 3.63) is 42.0 Å². The maximum Gasteiger partial charge on any atom is 0.126 e. The van der Waals surface area contributed by atoms with Crippen molar-refractivity contribution in [3.8, 4) is 5.75 Å². The van der Waals surface area contributed by atoms with Gasteiger partial charge in [0, 0.05) is 25.1 Å². The Balaban J connectivity index is 1.90. The van der Waals surface area contributed by atoms with Crippen LogP contribution in [0.3, 0.4) is 0 Å². The molecule has 0 bridgehead atoms. The quantitative estimate of drug-likeness (QED) is 0.712. The van der Waals surface area contributed by atoms with E-state index >= 15 is 0 Å². The second kappa shape index (κ2) is 8.65. The van der Waals surface area contributed by atoms with Crippen LogP contribution in [0.15, 0.2) is 36.4 Å². The summed E-state index contributed by atoms with van der Waals surface area (Å²) in [6.45, 7) is 5.54. The van der Waals surface area contributed by atoms with Crippen LogP contribution in [0, 0.1) is 0 Å². The maximum absolute atomic E-state index is 5.55. The van der Waals surface area contributed by atoms with Crippen LogP contribution >= 0.6 is 0 Å². The third kappa shape index (κ3) is 4.45. The van der Waals surface area contributed by atoms with Gasteiger partial charge in [-0.3, -0.25) is 0 Å². The zero-order valence-corrected chi connectivity index (χ0v) is 13.0. The highest BCUT2D eigenvalue weighted by molar-refractivity contribution is 5.91. The standard InChI is InChI=1S/C18H25NO2/c1-3-4-12-21-13-11-19-14-15-9-10-18(20-2)17-8-6-5-7-16(15)17/h5-10,19H,3-4,11-14H2,1-2H3. The predicted molar refractivity (Wildman–Crippen MR) is 87.9 cm³/mol. The fraction of sp³-hybridized carbons (Fsp3) is 0.444. The lowest BCUT2D eigenvalue weighted by atomic mass is 10.0. The van der Waals surface area contributed by atoms with E-state index in [-0.39, 0.29) is 0 Å². The van der Waals surface area contributed by atoms with E-state index in [0.717, 1.165) is 38.5 Å². The molecule has 2 rings (SSSR count). The number of benzene rings is 2. The van der Waals surface area contributed by atoms with Crippen LogP contribution in [-0.2, 0) is 11.3 Å². The molecule has 0 aliphatic heterocycles. The molecule has 0 radical (unpaired) electrons. The van der Waals surface area contributed by atoms with Gasteiger partial charge in [-0.1, -0.05) is 43.7 Å². The Kier molecular flexibility index (Phi) is 6.51. The first-order valence-electron chi connectivity index (χ1n) is 7.70. The Labute approximate surface area is 127 Å². The molecule has 2 aromatic rings. The van der Waals surface area contributed by atoms with Crippen LogP contribution in [0.4, 0.5) is 0 Å². The number of fused-ring (bicyclic) bond motifs is 1. The molecular weight excluding hydrogens is 262 g/mol. The molecule has 0 saturated carbocycles. The molecule has 2 aromatic carbocycles. The molecule has 3 nitrogen and oxygen atoms in total. The van der Waals surface area contributed by atoms with Crippen molar-refractivity contribution in [3.63, 3.8) is 0 Å². The summed E-state index contributed by atoms with van der Waals surface area (Å²) < 4.78 is 11.0. The number of nitrogens with one attached hydrogen (secondary N) is 1. The van der Waals surface area contributed by atoms with Gasteiger partial charge in [0.25, 0.3) is 0 Å². The van der Waals surface area contributed by atoms with Gasteiger partial charge in [0.2, 0.25) is 0 Å².